The molecule has 0 aromatic heterocycles. The molecule has 0 spiro atoms. The van der Waals surface area contributed by atoms with Crippen LogP contribution in [0.2, 0.25) is 0 Å². The zero-order chi connectivity index (χ0) is 21.5. The first-order valence-electron chi connectivity index (χ1n) is 10.7. The van der Waals surface area contributed by atoms with Crippen LogP contribution in [-0.4, -0.2) is 67.2 Å². The van der Waals surface area contributed by atoms with E-state index in [1.54, 1.807) is 4.90 Å². The van der Waals surface area contributed by atoms with Crippen LogP contribution in [0.4, 0.5) is 16.2 Å². The third-order valence-electron chi connectivity index (χ3n) is 5.88. The number of hydrogen-bond donors (Lipinski definition) is 1. The fourth-order valence-electron chi connectivity index (χ4n) is 4.39. The van der Waals surface area contributed by atoms with Gasteiger partial charge < -0.3 is 19.4 Å². The Morgan fingerprint density at radius 3 is 2.47 bits per heavy atom. The van der Waals surface area contributed by atoms with E-state index in [-0.39, 0.29) is 23.9 Å². The Bertz CT molecular complexity index is 855. The third kappa shape index (κ3) is 4.22. The van der Waals surface area contributed by atoms with Crippen molar-refractivity contribution in [1.82, 2.24) is 10.2 Å². The van der Waals surface area contributed by atoms with E-state index < -0.39 is 5.60 Å². The lowest BCUT2D eigenvalue weighted by Gasteiger charge is -2.37. The van der Waals surface area contributed by atoms with Gasteiger partial charge in [0, 0.05) is 50.5 Å². The minimum atomic E-state index is -0.484. The van der Waals surface area contributed by atoms with E-state index >= 15 is 0 Å². The van der Waals surface area contributed by atoms with Crippen LogP contribution in [0.15, 0.2) is 18.2 Å². The summed E-state index contributed by atoms with van der Waals surface area (Å²) < 4.78 is 5.47. The number of ether oxygens (including phenoxy) is 1. The number of hydrogen-bond acceptors (Lipinski definition) is 6. The first-order chi connectivity index (χ1) is 14.2. The predicted molar refractivity (Wildman–Crippen MR) is 114 cm³/mol. The van der Waals surface area contributed by atoms with E-state index in [4.69, 9.17) is 4.74 Å². The average molecular weight is 415 g/mol. The molecule has 8 nitrogen and oxygen atoms in total. The van der Waals surface area contributed by atoms with Gasteiger partial charge in [-0.3, -0.25) is 14.9 Å². The summed E-state index contributed by atoms with van der Waals surface area (Å²) in [6, 6.07) is 6.10. The molecule has 3 aliphatic rings. The van der Waals surface area contributed by atoms with Crippen LogP contribution in [0, 0.1) is 0 Å². The Balaban J connectivity index is 1.39. The maximum Gasteiger partial charge on any atom is 0.410 e. The van der Waals surface area contributed by atoms with Crippen LogP contribution in [-0.2, 0) is 20.7 Å². The van der Waals surface area contributed by atoms with Crippen molar-refractivity contribution in [3.05, 3.63) is 23.8 Å². The quantitative estimate of drug-likeness (QED) is 0.745. The fraction of sp³-hybridized carbons (Fsp3) is 0.591. The molecule has 1 unspecified atom stereocenters. The molecule has 3 aliphatic heterocycles. The number of amides is 3. The average Bonchev–Trinajstić information content (AvgIpc) is 3.10. The number of anilines is 2. The second-order valence-corrected chi connectivity index (χ2v) is 9.18. The standard InChI is InChI=1S/C22H30N4O4/c1-22(2,3)30-21(29)25-12-10-24(11-13-25)16-4-5-17-15(14-16)8-9-26(17)18-6-7-19(27)23-20(18)28/h4-5,14,18H,6-13H2,1-3H3,(H,23,27,28). The molecule has 2 fully saturated rings. The van der Waals surface area contributed by atoms with Crippen molar-refractivity contribution >= 4 is 29.3 Å². The first kappa shape index (κ1) is 20.5. The smallest absolute Gasteiger partial charge is 0.410 e. The second kappa shape index (κ2) is 7.81. The van der Waals surface area contributed by atoms with Gasteiger partial charge in [-0.2, -0.15) is 0 Å². The van der Waals surface area contributed by atoms with Gasteiger partial charge in [-0.25, -0.2) is 4.79 Å². The molecule has 1 atom stereocenters. The molecule has 3 amide bonds. The molecule has 30 heavy (non-hydrogen) atoms. The maximum atomic E-state index is 12.3. The largest absolute Gasteiger partial charge is 0.444 e. The number of piperazine rings is 1. The zero-order valence-corrected chi connectivity index (χ0v) is 17.9. The summed E-state index contributed by atoms with van der Waals surface area (Å²) >= 11 is 0. The summed E-state index contributed by atoms with van der Waals surface area (Å²) in [5, 5.41) is 2.46. The summed E-state index contributed by atoms with van der Waals surface area (Å²) in [5.74, 6) is -0.377. The van der Waals surface area contributed by atoms with Crippen LogP contribution >= 0.6 is 0 Å². The van der Waals surface area contributed by atoms with Crippen LogP contribution in [0.3, 0.4) is 0 Å². The Kier molecular flexibility index (Phi) is 5.34. The summed E-state index contributed by atoms with van der Waals surface area (Å²) in [4.78, 5) is 42.2. The summed E-state index contributed by atoms with van der Waals surface area (Å²) in [6.07, 6.45) is 1.59. The number of piperidine rings is 1. The highest BCUT2D eigenvalue weighted by Crippen LogP contribution is 2.34. The first-order valence-corrected chi connectivity index (χ1v) is 10.7. The van der Waals surface area contributed by atoms with Crippen molar-refractivity contribution in [3.8, 4) is 0 Å². The van der Waals surface area contributed by atoms with E-state index in [2.05, 4.69) is 33.3 Å². The summed E-state index contributed by atoms with van der Waals surface area (Å²) in [6.45, 7) is 9.21. The van der Waals surface area contributed by atoms with Gasteiger partial charge in [0.2, 0.25) is 11.8 Å². The van der Waals surface area contributed by atoms with Gasteiger partial charge in [0.25, 0.3) is 0 Å². The number of carbonyl (C=O) groups excluding carboxylic acids is 3. The molecule has 2 saturated heterocycles. The third-order valence-corrected chi connectivity index (χ3v) is 5.88. The molecule has 0 bridgehead atoms. The monoisotopic (exact) mass is 414 g/mol. The van der Waals surface area contributed by atoms with Crippen molar-refractivity contribution in [2.75, 3.05) is 42.5 Å². The van der Waals surface area contributed by atoms with Gasteiger partial charge in [-0.05, 0) is 57.4 Å². The molecule has 0 radical (unpaired) electrons. The fourth-order valence-corrected chi connectivity index (χ4v) is 4.39. The number of rotatable bonds is 2. The van der Waals surface area contributed by atoms with Gasteiger partial charge in [0.05, 0.1) is 0 Å². The lowest BCUT2D eigenvalue weighted by atomic mass is 10.0. The van der Waals surface area contributed by atoms with Crippen molar-refractivity contribution in [3.63, 3.8) is 0 Å². The topological polar surface area (TPSA) is 82.2 Å². The van der Waals surface area contributed by atoms with E-state index in [1.807, 2.05) is 20.8 Å². The van der Waals surface area contributed by atoms with Crippen molar-refractivity contribution in [2.45, 2.75) is 51.7 Å². The number of carbonyl (C=O) groups is 3. The van der Waals surface area contributed by atoms with E-state index in [9.17, 15) is 14.4 Å². The summed E-state index contributed by atoms with van der Waals surface area (Å²) in [5.41, 5.74) is 2.97. The Morgan fingerprint density at radius 2 is 1.80 bits per heavy atom. The number of imide groups is 1. The molecule has 1 aromatic rings. The molecule has 8 heteroatoms. The highest BCUT2D eigenvalue weighted by molar-refractivity contribution is 6.02. The van der Waals surface area contributed by atoms with Crippen molar-refractivity contribution in [2.24, 2.45) is 0 Å². The van der Waals surface area contributed by atoms with Crippen LogP contribution in [0.1, 0.15) is 39.2 Å². The molecule has 0 saturated carbocycles. The molecular weight excluding hydrogens is 384 g/mol. The lowest BCUT2D eigenvalue weighted by Crippen LogP contribution is -2.52. The Labute approximate surface area is 177 Å². The van der Waals surface area contributed by atoms with Crippen LogP contribution < -0.4 is 15.1 Å². The molecule has 4 rings (SSSR count). The number of benzene rings is 1. The van der Waals surface area contributed by atoms with Gasteiger partial charge >= 0.3 is 6.09 Å². The molecule has 3 heterocycles. The van der Waals surface area contributed by atoms with Crippen molar-refractivity contribution < 1.29 is 19.1 Å². The zero-order valence-electron chi connectivity index (χ0n) is 17.9. The Morgan fingerprint density at radius 1 is 1.07 bits per heavy atom. The normalized spacial score (nSPS) is 22.1. The number of fused-ring (bicyclic) bond motifs is 1. The molecule has 1 aromatic carbocycles. The molecule has 0 aliphatic carbocycles. The van der Waals surface area contributed by atoms with Crippen LogP contribution in [0.25, 0.3) is 0 Å². The molecule has 162 valence electrons. The van der Waals surface area contributed by atoms with Gasteiger partial charge in [0.1, 0.15) is 11.6 Å². The van der Waals surface area contributed by atoms with Crippen molar-refractivity contribution in [1.29, 1.82) is 0 Å². The molecule has 1 N–H and O–H groups in total. The number of nitrogens with one attached hydrogen (secondary N) is 1. The van der Waals surface area contributed by atoms with Gasteiger partial charge in [-0.15, -0.1) is 0 Å². The second-order valence-electron chi connectivity index (χ2n) is 9.18. The van der Waals surface area contributed by atoms with Gasteiger partial charge in [-0.1, -0.05) is 0 Å². The highest BCUT2D eigenvalue weighted by Gasteiger charge is 2.35. The molecular formula is C22H30N4O4. The maximum absolute atomic E-state index is 12.3. The SMILES string of the molecule is CC(C)(C)OC(=O)N1CCN(c2ccc3c(c2)CCN3C2CCC(=O)NC2=O)CC1. The summed E-state index contributed by atoms with van der Waals surface area (Å²) in [7, 11) is 0. The van der Waals surface area contributed by atoms with E-state index in [0.29, 0.717) is 25.9 Å². The minimum absolute atomic E-state index is 0.184. The predicted octanol–water partition coefficient (Wildman–Crippen LogP) is 1.91. The van der Waals surface area contributed by atoms with E-state index in [1.165, 1.54) is 5.56 Å². The highest BCUT2D eigenvalue weighted by atomic mass is 16.6. The van der Waals surface area contributed by atoms with E-state index in [0.717, 1.165) is 37.4 Å². The van der Waals surface area contributed by atoms with Crippen LogP contribution in [0.5, 0.6) is 0 Å². The minimum Gasteiger partial charge on any atom is -0.444 e. The lowest BCUT2D eigenvalue weighted by molar-refractivity contribution is -0.134. The Hall–Kier alpha value is -2.77. The number of nitrogens with zero attached hydrogens (tertiary/aromatic N) is 3. The van der Waals surface area contributed by atoms with Gasteiger partial charge in [0.15, 0.2) is 0 Å².